The van der Waals surface area contributed by atoms with Crippen molar-refractivity contribution in [1.82, 2.24) is 14.7 Å². The van der Waals surface area contributed by atoms with E-state index in [0.29, 0.717) is 18.5 Å². The second-order valence-electron chi connectivity index (χ2n) is 4.91. The molecule has 6 heteroatoms. The Morgan fingerprint density at radius 1 is 1.47 bits per heavy atom. The summed E-state index contributed by atoms with van der Waals surface area (Å²) in [5.41, 5.74) is 1.41. The highest BCUT2D eigenvalue weighted by molar-refractivity contribution is 5.94. The van der Waals surface area contributed by atoms with Crippen LogP contribution in [0.15, 0.2) is 6.20 Å². The van der Waals surface area contributed by atoms with Crippen LogP contribution >= 0.6 is 0 Å². The zero-order valence-electron chi connectivity index (χ0n) is 11.9. The Morgan fingerprint density at radius 2 is 2.11 bits per heavy atom. The van der Waals surface area contributed by atoms with E-state index in [9.17, 15) is 9.59 Å². The number of aromatic nitrogens is 2. The quantitative estimate of drug-likeness (QED) is 0.851. The molecule has 1 N–H and O–H groups in total. The Bertz CT molecular complexity index is 466. The van der Waals surface area contributed by atoms with Gasteiger partial charge in [0.2, 0.25) is 0 Å². The number of aliphatic carboxylic acids is 1. The predicted octanol–water partition coefficient (Wildman–Crippen LogP) is 1.71. The largest absolute Gasteiger partial charge is 0.481 e. The van der Waals surface area contributed by atoms with E-state index in [1.807, 2.05) is 20.8 Å². The Labute approximate surface area is 113 Å². The maximum atomic E-state index is 12.2. The maximum Gasteiger partial charge on any atom is 0.303 e. The van der Waals surface area contributed by atoms with Crippen molar-refractivity contribution in [2.24, 2.45) is 0 Å². The van der Waals surface area contributed by atoms with Gasteiger partial charge in [-0.25, -0.2) is 0 Å². The van der Waals surface area contributed by atoms with Crippen LogP contribution < -0.4 is 0 Å². The van der Waals surface area contributed by atoms with Crippen molar-refractivity contribution in [2.45, 2.75) is 39.7 Å². The molecule has 6 nitrogen and oxygen atoms in total. The van der Waals surface area contributed by atoms with Gasteiger partial charge < -0.3 is 10.0 Å². The molecule has 0 unspecified atom stereocenters. The van der Waals surface area contributed by atoms with Crippen molar-refractivity contribution in [2.75, 3.05) is 13.6 Å². The van der Waals surface area contributed by atoms with Gasteiger partial charge in [0.05, 0.1) is 11.8 Å². The molecule has 1 aromatic heterocycles. The number of hydrogen-bond acceptors (Lipinski definition) is 3. The summed E-state index contributed by atoms with van der Waals surface area (Å²) in [6.07, 6.45) is 2.10. The summed E-state index contributed by atoms with van der Waals surface area (Å²) in [6, 6.07) is 0.207. The first-order valence-electron chi connectivity index (χ1n) is 6.36. The molecule has 0 saturated carbocycles. The Hall–Kier alpha value is -1.85. The molecule has 0 fully saturated rings. The number of amides is 1. The van der Waals surface area contributed by atoms with E-state index in [4.69, 9.17) is 5.11 Å². The normalized spacial score (nSPS) is 10.8. The standard InChI is InChI=1S/C13H21N3O3/c1-9(2)16-10(3)11(8-14-16)13(19)15(4)7-5-6-12(17)18/h8-9H,5-7H2,1-4H3,(H,17,18). The van der Waals surface area contributed by atoms with Gasteiger partial charge in [-0.2, -0.15) is 5.10 Å². The molecular formula is C13H21N3O3. The summed E-state index contributed by atoms with van der Waals surface area (Å²) in [5.74, 6) is -0.959. The number of carbonyl (C=O) groups is 2. The molecule has 0 aliphatic rings. The molecule has 0 aromatic carbocycles. The molecule has 0 atom stereocenters. The van der Waals surface area contributed by atoms with Gasteiger partial charge in [0.25, 0.3) is 5.91 Å². The monoisotopic (exact) mass is 267 g/mol. The van der Waals surface area contributed by atoms with E-state index in [1.165, 1.54) is 4.90 Å². The lowest BCUT2D eigenvalue weighted by Gasteiger charge is -2.16. The second kappa shape index (κ2) is 6.36. The molecule has 0 spiro atoms. The number of hydrogen-bond donors (Lipinski definition) is 1. The minimum Gasteiger partial charge on any atom is -0.481 e. The first-order valence-corrected chi connectivity index (χ1v) is 6.36. The van der Waals surface area contributed by atoms with E-state index in [2.05, 4.69) is 5.10 Å². The predicted molar refractivity (Wildman–Crippen MR) is 71.2 cm³/mol. The third-order valence-corrected chi connectivity index (χ3v) is 3.00. The van der Waals surface area contributed by atoms with Gasteiger partial charge in [0, 0.05) is 31.7 Å². The number of nitrogens with zero attached hydrogens (tertiary/aromatic N) is 3. The highest BCUT2D eigenvalue weighted by Gasteiger charge is 2.18. The molecule has 106 valence electrons. The van der Waals surface area contributed by atoms with Crippen LogP contribution in [0.5, 0.6) is 0 Å². The molecule has 1 rings (SSSR count). The van der Waals surface area contributed by atoms with Gasteiger partial charge in [-0.1, -0.05) is 0 Å². The van der Waals surface area contributed by atoms with Gasteiger partial charge in [-0.15, -0.1) is 0 Å². The van der Waals surface area contributed by atoms with Gasteiger partial charge >= 0.3 is 5.97 Å². The van der Waals surface area contributed by atoms with E-state index in [0.717, 1.165) is 5.69 Å². The van der Waals surface area contributed by atoms with Crippen LogP contribution in [0.4, 0.5) is 0 Å². The molecule has 1 heterocycles. The fourth-order valence-electron chi connectivity index (χ4n) is 1.93. The lowest BCUT2D eigenvalue weighted by atomic mass is 10.2. The summed E-state index contributed by atoms with van der Waals surface area (Å²) in [7, 11) is 1.68. The fraction of sp³-hybridized carbons (Fsp3) is 0.615. The summed E-state index contributed by atoms with van der Waals surface area (Å²) < 4.78 is 1.80. The smallest absolute Gasteiger partial charge is 0.303 e. The lowest BCUT2D eigenvalue weighted by Crippen LogP contribution is -2.28. The topological polar surface area (TPSA) is 75.4 Å². The molecule has 0 radical (unpaired) electrons. The molecule has 19 heavy (non-hydrogen) atoms. The average molecular weight is 267 g/mol. The molecule has 1 amide bonds. The molecule has 1 aromatic rings. The van der Waals surface area contributed by atoms with E-state index in [-0.39, 0.29) is 18.4 Å². The third kappa shape index (κ3) is 3.81. The van der Waals surface area contributed by atoms with Gasteiger partial charge in [-0.3, -0.25) is 14.3 Å². The van der Waals surface area contributed by atoms with Gasteiger partial charge in [0.15, 0.2) is 0 Å². The lowest BCUT2D eigenvalue weighted by molar-refractivity contribution is -0.137. The Balaban J connectivity index is 2.69. The molecule has 0 saturated heterocycles. The number of carboxylic acids is 1. The fourth-order valence-corrected chi connectivity index (χ4v) is 1.93. The third-order valence-electron chi connectivity index (χ3n) is 3.00. The molecule has 0 aliphatic carbocycles. The summed E-state index contributed by atoms with van der Waals surface area (Å²) in [4.78, 5) is 24.2. The van der Waals surface area contributed by atoms with Gasteiger partial charge in [0.1, 0.15) is 0 Å². The van der Waals surface area contributed by atoms with Crippen LogP contribution in [0, 0.1) is 6.92 Å². The van der Waals surface area contributed by atoms with Gasteiger partial charge in [-0.05, 0) is 27.2 Å². The van der Waals surface area contributed by atoms with E-state index >= 15 is 0 Å². The van der Waals surface area contributed by atoms with Crippen molar-refractivity contribution >= 4 is 11.9 Å². The Morgan fingerprint density at radius 3 is 2.58 bits per heavy atom. The van der Waals surface area contributed by atoms with Crippen molar-refractivity contribution in [3.8, 4) is 0 Å². The van der Waals surface area contributed by atoms with Crippen LogP contribution in [-0.2, 0) is 4.79 Å². The summed E-state index contributed by atoms with van der Waals surface area (Å²) in [6.45, 7) is 6.30. The zero-order valence-corrected chi connectivity index (χ0v) is 11.9. The van der Waals surface area contributed by atoms with Crippen molar-refractivity contribution < 1.29 is 14.7 Å². The first kappa shape index (κ1) is 15.2. The van der Waals surface area contributed by atoms with Crippen LogP contribution in [-0.4, -0.2) is 45.3 Å². The molecule has 0 bridgehead atoms. The van der Waals surface area contributed by atoms with Crippen LogP contribution in [0.2, 0.25) is 0 Å². The Kier molecular flexibility index (Phi) is 5.09. The van der Waals surface area contributed by atoms with Crippen molar-refractivity contribution in [1.29, 1.82) is 0 Å². The average Bonchev–Trinajstić information content (AvgIpc) is 2.69. The zero-order chi connectivity index (χ0) is 14.6. The number of rotatable bonds is 6. The maximum absolute atomic E-state index is 12.2. The number of carbonyl (C=O) groups excluding carboxylic acids is 1. The SMILES string of the molecule is Cc1c(C(=O)N(C)CCCC(=O)O)cnn1C(C)C. The van der Waals surface area contributed by atoms with Crippen LogP contribution in [0.1, 0.15) is 48.8 Å². The highest BCUT2D eigenvalue weighted by atomic mass is 16.4. The van der Waals surface area contributed by atoms with Crippen molar-refractivity contribution in [3.05, 3.63) is 17.5 Å². The second-order valence-corrected chi connectivity index (χ2v) is 4.91. The minimum atomic E-state index is -0.843. The highest BCUT2D eigenvalue weighted by Crippen LogP contribution is 2.14. The number of carboxylic acid groups (broad SMARTS) is 1. The molecular weight excluding hydrogens is 246 g/mol. The first-order chi connectivity index (χ1) is 8.84. The summed E-state index contributed by atoms with van der Waals surface area (Å²) >= 11 is 0. The van der Waals surface area contributed by atoms with E-state index in [1.54, 1.807) is 17.9 Å². The minimum absolute atomic E-state index is 0.0713. The summed E-state index contributed by atoms with van der Waals surface area (Å²) in [5, 5.41) is 12.8. The molecule has 0 aliphatic heterocycles. The van der Waals surface area contributed by atoms with Crippen LogP contribution in [0.3, 0.4) is 0 Å². The van der Waals surface area contributed by atoms with E-state index < -0.39 is 5.97 Å². The van der Waals surface area contributed by atoms with Crippen molar-refractivity contribution in [3.63, 3.8) is 0 Å². The van der Waals surface area contributed by atoms with Crippen LogP contribution in [0.25, 0.3) is 0 Å².